The number of methoxy groups -OCH3 is 1. The molecule has 6 rings (SSSR count). The molecule has 3 heterocycles. The Hall–Kier alpha value is -3.31. The zero-order valence-corrected chi connectivity index (χ0v) is 25.6. The lowest BCUT2D eigenvalue weighted by Gasteiger charge is -2.30. The van der Waals surface area contributed by atoms with Crippen LogP contribution in [-0.4, -0.2) is 41.2 Å². The number of aryl methyl sites for hydroxylation is 1. The van der Waals surface area contributed by atoms with Crippen LogP contribution in [-0.2, 0) is 11.1 Å². The Morgan fingerprint density at radius 3 is 2.79 bits per heavy atom. The van der Waals surface area contributed by atoms with Crippen molar-refractivity contribution in [2.45, 2.75) is 37.8 Å². The van der Waals surface area contributed by atoms with E-state index in [1.54, 1.807) is 24.3 Å². The van der Waals surface area contributed by atoms with Crippen LogP contribution >= 0.6 is 27.5 Å². The van der Waals surface area contributed by atoms with Gasteiger partial charge in [-0.2, -0.15) is 0 Å². The molecule has 2 atom stereocenters. The Labute approximate surface area is 255 Å². The van der Waals surface area contributed by atoms with Gasteiger partial charge in [0.05, 0.1) is 35.6 Å². The van der Waals surface area contributed by atoms with Crippen LogP contribution in [0.15, 0.2) is 46.9 Å². The smallest absolute Gasteiger partial charge is 0.251 e. The molecule has 2 aromatic carbocycles. The van der Waals surface area contributed by atoms with Gasteiger partial charge in [-0.3, -0.25) is 4.79 Å². The average Bonchev–Trinajstić information content (AvgIpc) is 3.78. The van der Waals surface area contributed by atoms with Gasteiger partial charge in [0.2, 0.25) is 0 Å². The minimum Gasteiger partial charge on any atom is -0.494 e. The summed E-state index contributed by atoms with van der Waals surface area (Å²) < 4.78 is 26.7. The third kappa shape index (κ3) is 4.90. The fraction of sp³-hybridized carbons (Fsp3) is 0.323. The van der Waals surface area contributed by atoms with E-state index < -0.39 is 22.9 Å². The van der Waals surface area contributed by atoms with Crippen LogP contribution in [0.2, 0.25) is 5.02 Å². The third-order valence-electron chi connectivity index (χ3n) is 8.02. The highest BCUT2D eigenvalue weighted by Crippen LogP contribution is 2.49. The number of amides is 1. The third-order valence-corrected chi connectivity index (χ3v) is 9.21. The second kappa shape index (κ2) is 10.4. The summed E-state index contributed by atoms with van der Waals surface area (Å²) in [6, 6.07) is 11.4. The maximum atomic E-state index is 14.5. The van der Waals surface area contributed by atoms with E-state index in [2.05, 4.69) is 26.2 Å². The predicted octanol–water partition coefficient (Wildman–Crippen LogP) is 5.76. The number of halogens is 3. The molecular formula is C31H29BrClFN4O4. The van der Waals surface area contributed by atoms with Gasteiger partial charge in [-0.15, -0.1) is 0 Å². The van der Waals surface area contributed by atoms with Gasteiger partial charge in [0, 0.05) is 26.5 Å². The Balaban J connectivity index is 1.38. The minimum atomic E-state index is -1.53. The van der Waals surface area contributed by atoms with Crippen molar-refractivity contribution in [3.8, 4) is 22.8 Å². The van der Waals surface area contributed by atoms with Crippen LogP contribution in [0.3, 0.4) is 0 Å². The van der Waals surface area contributed by atoms with Crippen molar-refractivity contribution >= 4 is 44.3 Å². The Bertz CT molecular complexity index is 1760. The van der Waals surface area contributed by atoms with Gasteiger partial charge >= 0.3 is 0 Å². The van der Waals surface area contributed by atoms with Crippen LogP contribution < -0.4 is 20.5 Å². The van der Waals surface area contributed by atoms with Crippen molar-refractivity contribution in [3.63, 3.8) is 0 Å². The normalized spacial score (nSPS) is 19.2. The standard InChI is InChI=1S/C31H29BrClFN4O4/c1-15-21(32)10-16-9-17(11-23(41-3)26(16)37-15)29(39)36-13-31(40,18-7-8-18)24-12-20-28(42-14-30(20,2)35)27(38-24)19-5-4-6-22(34)25(19)33/h4-6,9-12,18,40H,7-8,13-14,35H2,1-3H3,(H,36,39)/t30-,31+/m0/s1. The molecule has 8 nitrogen and oxygen atoms in total. The van der Waals surface area contributed by atoms with E-state index in [9.17, 15) is 14.3 Å². The molecule has 0 saturated heterocycles. The van der Waals surface area contributed by atoms with Crippen molar-refractivity contribution in [1.82, 2.24) is 15.3 Å². The first-order valence-corrected chi connectivity index (χ1v) is 14.7. The zero-order valence-electron chi connectivity index (χ0n) is 23.2. The number of pyridine rings is 2. The van der Waals surface area contributed by atoms with E-state index in [0.29, 0.717) is 45.1 Å². The lowest BCUT2D eigenvalue weighted by atomic mass is 9.87. The monoisotopic (exact) mass is 654 g/mol. The van der Waals surface area contributed by atoms with Crippen molar-refractivity contribution in [1.29, 1.82) is 0 Å². The summed E-state index contributed by atoms with van der Waals surface area (Å²) >= 11 is 9.86. The van der Waals surface area contributed by atoms with E-state index in [1.807, 2.05) is 19.9 Å². The summed E-state index contributed by atoms with van der Waals surface area (Å²) in [6.45, 7) is 3.76. The molecule has 0 spiro atoms. The Morgan fingerprint density at radius 1 is 1.31 bits per heavy atom. The summed E-state index contributed by atoms with van der Waals surface area (Å²) in [6.07, 6.45) is 1.50. The summed E-state index contributed by atoms with van der Waals surface area (Å²) in [7, 11) is 1.53. The number of nitrogens with two attached hydrogens (primary N) is 1. The quantitative estimate of drug-likeness (QED) is 0.232. The molecule has 2 aromatic heterocycles. The lowest BCUT2D eigenvalue weighted by Crippen LogP contribution is -2.43. The molecule has 42 heavy (non-hydrogen) atoms. The van der Waals surface area contributed by atoms with Gasteiger partial charge < -0.3 is 25.6 Å². The van der Waals surface area contributed by atoms with E-state index in [1.165, 1.54) is 19.2 Å². The molecule has 1 saturated carbocycles. The number of aliphatic hydroxyl groups is 1. The minimum absolute atomic E-state index is 0.108. The van der Waals surface area contributed by atoms with E-state index >= 15 is 0 Å². The number of hydrogen-bond donors (Lipinski definition) is 3. The zero-order chi connectivity index (χ0) is 30.0. The summed E-state index contributed by atoms with van der Waals surface area (Å²) in [4.78, 5) is 22.8. The van der Waals surface area contributed by atoms with Gasteiger partial charge in [0.15, 0.2) is 5.75 Å². The van der Waals surface area contributed by atoms with E-state index in [0.717, 1.165) is 28.4 Å². The number of nitrogens with one attached hydrogen (secondary N) is 1. The van der Waals surface area contributed by atoms with Crippen LogP contribution in [0.5, 0.6) is 11.5 Å². The van der Waals surface area contributed by atoms with Crippen molar-refractivity contribution in [2.24, 2.45) is 11.7 Å². The number of rotatable bonds is 7. The van der Waals surface area contributed by atoms with Gasteiger partial charge in [-0.1, -0.05) is 23.7 Å². The molecule has 1 fully saturated rings. The van der Waals surface area contributed by atoms with Crippen LogP contribution in [0.1, 0.15) is 47.1 Å². The number of nitrogens with zero attached hydrogens (tertiary/aromatic N) is 2. The molecule has 2 aliphatic rings. The number of carbonyl (C=O) groups is 1. The topological polar surface area (TPSA) is 120 Å². The highest BCUT2D eigenvalue weighted by molar-refractivity contribution is 9.10. The molecule has 1 aliphatic carbocycles. The second-order valence-electron chi connectivity index (χ2n) is 11.2. The molecule has 0 unspecified atom stereocenters. The molecule has 11 heteroatoms. The summed E-state index contributed by atoms with van der Waals surface area (Å²) in [5.74, 6) is -0.287. The van der Waals surface area contributed by atoms with Gasteiger partial charge in [0.1, 0.15) is 35.0 Å². The summed E-state index contributed by atoms with van der Waals surface area (Å²) in [5.41, 5.74) is 7.51. The average molecular weight is 656 g/mol. The first kappa shape index (κ1) is 28.8. The largest absolute Gasteiger partial charge is 0.494 e. The number of benzene rings is 2. The number of ether oxygens (including phenoxy) is 2. The Morgan fingerprint density at radius 2 is 2.07 bits per heavy atom. The first-order valence-electron chi connectivity index (χ1n) is 13.5. The van der Waals surface area contributed by atoms with E-state index in [4.69, 9.17) is 31.8 Å². The van der Waals surface area contributed by atoms with Crippen molar-refractivity contribution < 1.29 is 23.8 Å². The molecule has 4 aromatic rings. The molecule has 1 amide bonds. The number of hydrogen-bond acceptors (Lipinski definition) is 7. The van der Waals surface area contributed by atoms with Gasteiger partial charge in [-0.05, 0) is 78.9 Å². The van der Waals surface area contributed by atoms with Gasteiger partial charge in [0.25, 0.3) is 5.91 Å². The fourth-order valence-electron chi connectivity index (χ4n) is 5.42. The number of aromatic nitrogens is 2. The molecule has 0 bridgehead atoms. The second-order valence-corrected chi connectivity index (χ2v) is 12.5. The van der Waals surface area contributed by atoms with Crippen LogP contribution in [0.4, 0.5) is 4.39 Å². The molecule has 1 aliphatic heterocycles. The lowest BCUT2D eigenvalue weighted by molar-refractivity contribution is 0.00947. The molecule has 0 radical (unpaired) electrons. The van der Waals surface area contributed by atoms with Gasteiger partial charge in [-0.25, -0.2) is 14.4 Å². The van der Waals surface area contributed by atoms with Crippen molar-refractivity contribution in [3.05, 3.63) is 80.3 Å². The van der Waals surface area contributed by atoms with Crippen molar-refractivity contribution in [2.75, 3.05) is 20.3 Å². The molecule has 218 valence electrons. The molecular weight excluding hydrogens is 627 g/mol. The maximum Gasteiger partial charge on any atom is 0.251 e. The number of fused-ring (bicyclic) bond motifs is 2. The highest BCUT2D eigenvalue weighted by Gasteiger charge is 2.48. The Kier molecular flexibility index (Phi) is 7.16. The molecule has 4 N–H and O–H groups in total. The maximum absolute atomic E-state index is 14.5. The fourth-order valence-corrected chi connectivity index (χ4v) is 5.98. The predicted molar refractivity (Wildman–Crippen MR) is 161 cm³/mol. The first-order chi connectivity index (χ1) is 19.9. The number of carbonyl (C=O) groups excluding carboxylic acids is 1. The summed E-state index contributed by atoms with van der Waals surface area (Å²) in [5, 5.41) is 15.7. The van der Waals surface area contributed by atoms with Crippen LogP contribution in [0, 0.1) is 18.7 Å². The highest BCUT2D eigenvalue weighted by atomic mass is 79.9. The van der Waals surface area contributed by atoms with E-state index in [-0.39, 0.29) is 24.1 Å². The SMILES string of the molecule is COc1cc(C(=O)NC[C@](O)(c2cc3c(c(-c4cccc(F)c4Cl)n2)OC[C@]3(C)N)C2CC2)cc2cc(Br)c(C)nc12. The van der Waals surface area contributed by atoms with Crippen LogP contribution in [0.25, 0.3) is 22.2 Å².